The minimum absolute atomic E-state index is 0.0443. The lowest BCUT2D eigenvalue weighted by Gasteiger charge is -2.02. The summed E-state index contributed by atoms with van der Waals surface area (Å²) in [4.78, 5) is 18.4. The van der Waals surface area contributed by atoms with Gasteiger partial charge in [0.2, 0.25) is 0 Å². The van der Waals surface area contributed by atoms with E-state index in [2.05, 4.69) is 9.97 Å². The third-order valence-corrected chi connectivity index (χ3v) is 2.56. The monoisotopic (exact) mass is 198 g/mol. The first kappa shape index (κ1) is 10.3. The Morgan fingerprint density at radius 1 is 1.46 bits per heavy atom. The molecule has 0 bridgehead atoms. The second kappa shape index (κ2) is 4.46. The van der Waals surface area contributed by atoms with Gasteiger partial charge in [-0.3, -0.25) is 9.78 Å². The molecule has 0 aliphatic carbocycles. The van der Waals surface area contributed by atoms with Crippen LogP contribution in [0.3, 0.4) is 0 Å². The van der Waals surface area contributed by atoms with Gasteiger partial charge in [0.25, 0.3) is 5.56 Å². The van der Waals surface area contributed by atoms with Gasteiger partial charge < -0.3 is 4.98 Å². The molecule has 0 saturated carbocycles. The van der Waals surface area contributed by atoms with Gasteiger partial charge in [0.1, 0.15) is 5.69 Å². The molecule has 0 saturated heterocycles. The molecule has 72 valence electrons. The van der Waals surface area contributed by atoms with Crippen molar-refractivity contribution in [3.63, 3.8) is 0 Å². The molecule has 1 rings (SSSR count). The van der Waals surface area contributed by atoms with Crippen LogP contribution in [0.15, 0.2) is 4.79 Å². The zero-order chi connectivity index (χ0) is 9.84. The lowest BCUT2D eigenvalue weighted by molar-refractivity contribution is 0.913. The average Bonchev–Trinajstić information content (AvgIpc) is 2.09. The predicted molar refractivity (Wildman–Crippen MR) is 56.4 cm³/mol. The van der Waals surface area contributed by atoms with Gasteiger partial charge in [-0.15, -0.1) is 0 Å². The molecule has 3 nitrogen and oxygen atoms in total. The maximum absolute atomic E-state index is 11.4. The first-order valence-corrected chi connectivity index (χ1v) is 5.60. The molecule has 1 heterocycles. The van der Waals surface area contributed by atoms with Crippen LogP contribution < -0.4 is 5.56 Å². The number of aromatic amines is 1. The topological polar surface area (TPSA) is 45.8 Å². The summed E-state index contributed by atoms with van der Waals surface area (Å²) in [5, 5.41) is 0. The number of hydrogen-bond donors (Lipinski definition) is 1. The highest BCUT2D eigenvalue weighted by Gasteiger charge is 2.03. The molecule has 0 aromatic carbocycles. The fourth-order valence-corrected chi connectivity index (χ4v) is 1.44. The molecule has 1 N–H and O–H groups in total. The smallest absolute Gasteiger partial charge is 0.269 e. The van der Waals surface area contributed by atoms with Crippen molar-refractivity contribution in [2.45, 2.75) is 20.3 Å². The number of aryl methyl sites for hydroxylation is 3. The Hall–Kier alpha value is -0.770. The number of thioether (sulfide) groups is 1. The number of nitrogens with zero attached hydrogens (tertiary/aromatic N) is 1. The third kappa shape index (κ3) is 2.59. The van der Waals surface area contributed by atoms with Crippen molar-refractivity contribution in [1.29, 1.82) is 0 Å². The van der Waals surface area contributed by atoms with Crippen LogP contribution in [-0.4, -0.2) is 22.0 Å². The molecule has 0 aliphatic heterocycles. The molecule has 1 aromatic rings. The van der Waals surface area contributed by atoms with E-state index in [1.54, 1.807) is 11.8 Å². The molecule has 4 heteroatoms. The van der Waals surface area contributed by atoms with Crippen LogP contribution in [0.2, 0.25) is 0 Å². The molecule has 0 unspecified atom stereocenters. The van der Waals surface area contributed by atoms with Crippen LogP contribution >= 0.6 is 11.8 Å². The molecule has 0 fully saturated rings. The second-order valence-corrected chi connectivity index (χ2v) is 3.95. The standard InChI is InChI=1S/C9H14N2OS/c1-6-7(2)11-9(12)8(10-6)4-5-13-3/h4-5H2,1-3H3,(H,11,12). The summed E-state index contributed by atoms with van der Waals surface area (Å²) < 4.78 is 0. The second-order valence-electron chi connectivity index (χ2n) is 2.97. The van der Waals surface area contributed by atoms with E-state index in [0.29, 0.717) is 5.69 Å². The van der Waals surface area contributed by atoms with E-state index in [1.165, 1.54) is 0 Å². The maximum atomic E-state index is 11.4. The van der Waals surface area contributed by atoms with Crippen LogP contribution in [0.1, 0.15) is 17.1 Å². The van der Waals surface area contributed by atoms with Crippen molar-refractivity contribution < 1.29 is 0 Å². The largest absolute Gasteiger partial charge is 0.323 e. The Labute approximate surface area is 82.0 Å². The minimum atomic E-state index is -0.0443. The highest BCUT2D eigenvalue weighted by Crippen LogP contribution is 2.00. The van der Waals surface area contributed by atoms with Crippen LogP contribution in [-0.2, 0) is 6.42 Å². The van der Waals surface area contributed by atoms with E-state index in [1.807, 2.05) is 20.1 Å². The summed E-state index contributed by atoms with van der Waals surface area (Å²) in [5.74, 6) is 0.943. The number of H-pyrrole nitrogens is 1. The van der Waals surface area contributed by atoms with Gasteiger partial charge in [0, 0.05) is 12.1 Å². The van der Waals surface area contributed by atoms with Gasteiger partial charge in [0.15, 0.2) is 0 Å². The summed E-state index contributed by atoms with van der Waals surface area (Å²) >= 11 is 1.72. The zero-order valence-corrected chi connectivity index (χ0v) is 8.99. The maximum Gasteiger partial charge on any atom is 0.269 e. The molecule has 1 aromatic heterocycles. The first-order valence-electron chi connectivity index (χ1n) is 4.20. The lowest BCUT2D eigenvalue weighted by atomic mass is 10.3. The molecule has 0 spiro atoms. The van der Waals surface area contributed by atoms with Crippen LogP contribution in [0.5, 0.6) is 0 Å². The van der Waals surface area contributed by atoms with Crippen molar-refractivity contribution in [3.8, 4) is 0 Å². The number of rotatable bonds is 3. The lowest BCUT2D eigenvalue weighted by Crippen LogP contribution is -2.18. The van der Waals surface area contributed by atoms with E-state index >= 15 is 0 Å². The van der Waals surface area contributed by atoms with Gasteiger partial charge in [-0.25, -0.2) is 0 Å². The Balaban J connectivity index is 2.95. The van der Waals surface area contributed by atoms with E-state index in [0.717, 1.165) is 23.6 Å². The molecule has 0 radical (unpaired) electrons. The Bertz CT molecular complexity index is 346. The van der Waals surface area contributed by atoms with Crippen molar-refractivity contribution in [1.82, 2.24) is 9.97 Å². The van der Waals surface area contributed by atoms with Gasteiger partial charge >= 0.3 is 0 Å². The van der Waals surface area contributed by atoms with E-state index in [-0.39, 0.29) is 5.56 Å². The molecule has 13 heavy (non-hydrogen) atoms. The van der Waals surface area contributed by atoms with E-state index in [4.69, 9.17) is 0 Å². The zero-order valence-electron chi connectivity index (χ0n) is 8.18. The SMILES string of the molecule is CSCCc1nc(C)c(C)[nH]c1=O. The van der Waals surface area contributed by atoms with Gasteiger partial charge in [-0.1, -0.05) is 0 Å². The number of hydrogen-bond acceptors (Lipinski definition) is 3. The normalized spacial score (nSPS) is 10.4. The molecular weight excluding hydrogens is 184 g/mol. The van der Waals surface area contributed by atoms with Gasteiger partial charge in [-0.05, 0) is 25.9 Å². The third-order valence-electron chi connectivity index (χ3n) is 1.95. The Morgan fingerprint density at radius 3 is 2.77 bits per heavy atom. The molecular formula is C9H14N2OS. The van der Waals surface area contributed by atoms with Gasteiger partial charge in [-0.2, -0.15) is 11.8 Å². The Morgan fingerprint density at radius 2 is 2.15 bits per heavy atom. The van der Waals surface area contributed by atoms with Crippen molar-refractivity contribution in [3.05, 3.63) is 27.4 Å². The van der Waals surface area contributed by atoms with E-state index in [9.17, 15) is 4.79 Å². The fourth-order valence-electron chi connectivity index (χ4n) is 1.04. The van der Waals surface area contributed by atoms with Crippen molar-refractivity contribution >= 4 is 11.8 Å². The van der Waals surface area contributed by atoms with Crippen molar-refractivity contribution in [2.24, 2.45) is 0 Å². The fraction of sp³-hybridized carbons (Fsp3) is 0.556. The summed E-state index contributed by atoms with van der Waals surface area (Å²) in [6.45, 7) is 3.77. The Kier molecular flexibility index (Phi) is 3.54. The predicted octanol–water partition coefficient (Wildman–Crippen LogP) is 1.29. The van der Waals surface area contributed by atoms with Crippen LogP contribution in [0.25, 0.3) is 0 Å². The van der Waals surface area contributed by atoms with E-state index < -0.39 is 0 Å². The van der Waals surface area contributed by atoms with Crippen LogP contribution in [0, 0.1) is 13.8 Å². The summed E-state index contributed by atoms with van der Waals surface area (Å²) in [5.41, 5.74) is 2.38. The molecule has 0 amide bonds. The van der Waals surface area contributed by atoms with Crippen LogP contribution in [0.4, 0.5) is 0 Å². The number of aromatic nitrogens is 2. The number of nitrogens with one attached hydrogen (secondary N) is 1. The van der Waals surface area contributed by atoms with Gasteiger partial charge in [0.05, 0.1) is 5.69 Å². The minimum Gasteiger partial charge on any atom is -0.323 e. The highest BCUT2D eigenvalue weighted by atomic mass is 32.2. The summed E-state index contributed by atoms with van der Waals surface area (Å²) in [7, 11) is 0. The summed E-state index contributed by atoms with van der Waals surface area (Å²) in [6, 6.07) is 0. The first-order chi connectivity index (χ1) is 6.15. The molecule has 0 atom stereocenters. The van der Waals surface area contributed by atoms with Crippen molar-refractivity contribution in [2.75, 3.05) is 12.0 Å². The summed E-state index contributed by atoms with van der Waals surface area (Å²) in [6.07, 6.45) is 2.77. The highest BCUT2D eigenvalue weighted by molar-refractivity contribution is 7.98. The quantitative estimate of drug-likeness (QED) is 0.796. The molecule has 0 aliphatic rings. The average molecular weight is 198 g/mol.